The summed E-state index contributed by atoms with van der Waals surface area (Å²) < 4.78 is 9.56. The second-order valence-electron chi connectivity index (χ2n) is 6.94. The van der Waals surface area contributed by atoms with Crippen molar-refractivity contribution >= 4 is 35.1 Å². The van der Waals surface area contributed by atoms with Gasteiger partial charge in [0.2, 0.25) is 5.91 Å². The van der Waals surface area contributed by atoms with Crippen molar-refractivity contribution in [2.45, 2.75) is 25.3 Å². The van der Waals surface area contributed by atoms with E-state index in [1.54, 1.807) is 12.1 Å². The summed E-state index contributed by atoms with van der Waals surface area (Å²) in [6, 6.07) is 10.1. The van der Waals surface area contributed by atoms with Gasteiger partial charge in [-0.05, 0) is 17.7 Å². The zero-order valence-electron chi connectivity index (χ0n) is 18.2. The molecule has 0 unspecified atom stereocenters. The fourth-order valence-electron chi connectivity index (χ4n) is 3.18. The number of carbonyl (C=O) groups is 4. The van der Waals surface area contributed by atoms with Crippen LogP contribution < -0.4 is 10.6 Å². The minimum atomic E-state index is -1.34. The summed E-state index contributed by atoms with van der Waals surface area (Å²) in [4.78, 5) is 59.6. The molecule has 2 amide bonds. The molecule has 0 radical (unpaired) electrons. The highest BCUT2D eigenvalue weighted by molar-refractivity contribution is 6.04. The van der Waals surface area contributed by atoms with Crippen molar-refractivity contribution in [3.8, 4) is 0 Å². The Kier molecular flexibility index (Phi) is 8.61. The van der Waals surface area contributed by atoms with Gasteiger partial charge in [-0.15, -0.1) is 0 Å². The Labute approximate surface area is 189 Å². The second-order valence-corrected chi connectivity index (χ2v) is 6.94. The predicted octanol–water partition coefficient (Wildman–Crippen LogP) is 2.17. The summed E-state index contributed by atoms with van der Waals surface area (Å²) in [5.41, 5.74) is 0.503. The Hall–Kier alpha value is -4.28. The fourth-order valence-corrected chi connectivity index (χ4v) is 3.18. The van der Waals surface area contributed by atoms with Crippen molar-refractivity contribution in [3.63, 3.8) is 0 Å². The summed E-state index contributed by atoms with van der Waals surface area (Å²) in [5, 5.41) is 16.1. The van der Waals surface area contributed by atoms with Crippen molar-refractivity contribution in [1.82, 2.24) is 5.32 Å². The molecular weight excluding hydrogens is 434 g/mol. The van der Waals surface area contributed by atoms with Crippen LogP contribution in [-0.2, 0) is 23.9 Å². The number of anilines is 1. The van der Waals surface area contributed by atoms with Crippen molar-refractivity contribution < 1.29 is 33.6 Å². The van der Waals surface area contributed by atoms with Gasteiger partial charge in [0.25, 0.3) is 11.6 Å². The minimum absolute atomic E-state index is 0.0853. The first-order chi connectivity index (χ1) is 15.7. The van der Waals surface area contributed by atoms with E-state index in [0.717, 1.165) is 7.11 Å². The van der Waals surface area contributed by atoms with E-state index >= 15 is 0 Å². The van der Waals surface area contributed by atoms with Gasteiger partial charge in [0, 0.05) is 25.0 Å². The molecule has 2 atom stereocenters. The van der Waals surface area contributed by atoms with E-state index in [1.165, 1.54) is 50.4 Å². The predicted molar refractivity (Wildman–Crippen MR) is 116 cm³/mol. The first-order valence-corrected chi connectivity index (χ1v) is 9.74. The van der Waals surface area contributed by atoms with Crippen molar-refractivity contribution in [3.05, 3.63) is 69.8 Å². The van der Waals surface area contributed by atoms with Crippen LogP contribution in [0.5, 0.6) is 0 Å². The Morgan fingerprint density at radius 1 is 1.00 bits per heavy atom. The topological polar surface area (TPSA) is 154 Å². The molecule has 0 bridgehead atoms. The molecule has 0 aliphatic rings. The van der Waals surface area contributed by atoms with E-state index in [4.69, 9.17) is 9.47 Å². The average molecular weight is 457 g/mol. The number of nitrogens with one attached hydrogen (secondary N) is 2. The van der Waals surface area contributed by atoms with Gasteiger partial charge >= 0.3 is 11.9 Å². The van der Waals surface area contributed by atoms with Gasteiger partial charge < -0.3 is 20.1 Å². The third-order valence-electron chi connectivity index (χ3n) is 4.77. The molecule has 174 valence electrons. The van der Waals surface area contributed by atoms with Gasteiger partial charge in [0.05, 0.1) is 36.8 Å². The third-order valence-corrected chi connectivity index (χ3v) is 4.77. The van der Waals surface area contributed by atoms with Crippen molar-refractivity contribution in [2.24, 2.45) is 0 Å². The SMILES string of the molecule is COC(=O)C[C@@H](c1ccc([N+](=O)[O-])cc1)[C@H](NC(=O)c1ccccc1NC(C)=O)C(=O)OC. The van der Waals surface area contributed by atoms with Crippen LogP contribution in [0, 0.1) is 10.1 Å². The molecule has 2 aromatic carbocycles. The molecule has 11 heteroatoms. The van der Waals surface area contributed by atoms with Gasteiger partial charge in [-0.25, -0.2) is 4.79 Å². The fraction of sp³-hybridized carbons (Fsp3) is 0.273. The molecule has 0 fully saturated rings. The highest BCUT2D eigenvalue weighted by Crippen LogP contribution is 2.28. The maximum atomic E-state index is 13.0. The van der Waals surface area contributed by atoms with E-state index in [2.05, 4.69) is 10.6 Å². The lowest BCUT2D eigenvalue weighted by Crippen LogP contribution is -2.46. The zero-order chi connectivity index (χ0) is 24.5. The van der Waals surface area contributed by atoms with Gasteiger partial charge in [0.1, 0.15) is 6.04 Å². The molecule has 0 saturated heterocycles. The lowest BCUT2D eigenvalue weighted by molar-refractivity contribution is -0.384. The molecule has 0 aliphatic carbocycles. The molecule has 0 aliphatic heterocycles. The molecule has 2 N–H and O–H groups in total. The summed E-state index contributed by atoms with van der Waals surface area (Å²) in [5.74, 6) is -3.56. The molecular formula is C22H23N3O8. The number of benzene rings is 2. The van der Waals surface area contributed by atoms with Gasteiger partial charge in [0.15, 0.2) is 0 Å². The maximum absolute atomic E-state index is 13.0. The molecule has 2 aromatic rings. The van der Waals surface area contributed by atoms with Crippen LogP contribution in [0.1, 0.15) is 35.2 Å². The lowest BCUT2D eigenvalue weighted by atomic mass is 9.88. The summed E-state index contributed by atoms with van der Waals surface area (Å²) in [6.45, 7) is 1.28. The minimum Gasteiger partial charge on any atom is -0.469 e. The smallest absolute Gasteiger partial charge is 0.329 e. The second kappa shape index (κ2) is 11.4. The van der Waals surface area contributed by atoms with Gasteiger partial charge in [-0.3, -0.25) is 24.5 Å². The molecule has 0 spiro atoms. The number of ether oxygens (including phenoxy) is 2. The van der Waals surface area contributed by atoms with Gasteiger partial charge in [-0.2, -0.15) is 0 Å². The first kappa shape index (κ1) is 25.0. The number of hydrogen-bond donors (Lipinski definition) is 2. The van der Waals surface area contributed by atoms with Crippen molar-refractivity contribution in [2.75, 3.05) is 19.5 Å². The quantitative estimate of drug-likeness (QED) is 0.330. The van der Waals surface area contributed by atoms with Crippen LogP contribution in [0.3, 0.4) is 0 Å². The van der Waals surface area contributed by atoms with Crippen LogP contribution in [0.15, 0.2) is 48.5 Å². The third kappa shape index (κ3) is 6.60. The van der Waals surface area contributed by atoms with E-state index < -0.39 is 40.6 Å². The summed E-state index contributed by atoms with van der Waals surface area (Å²) in [6.07, 6.45) is -0.318. The number of non-ortho nitro benzene ring substituents is 1. The lowest BCUT2D eigenvalue weighted by Gasteiger charge is -2.26. The Balaban J connectivity index is 2.46. The Morgan fingerprint density at radius 2 is 1.64 bits per heavy atom. The van der Waals surface area contributed by atoms with Crippen LogP contribution in [0.2, 0.25) is 0 Å². The number of rotatable bonds is 9. The van der Waals surface area contributed by atoms with Crippen LogP contribution in [0.25, 0.3) is 0 Å². The first-order valence-electron chi connectivity index (χ1n) is 9.74. The number of methoxy groups -OCH3 is 2. The number of nitro benzene ring substituents is 1. The monoisotopic (exact) mass is 457 g/mol. The van der Waals surface area contributed by atoms with E-state index in [9.17, 15) is 29.3 Å². The molecule has 2 rings (SSSR count). The largest absolute Gasteiger partial charge is 0.469 e. The highest BCUT2D eigenvalue weighted by Gasteiger charge is 2.35. The van der Waals surface area contributed by atoms with E-state index in [-0.39, 0.29) is 23.4 Å². The Morgan fingerprint density at radius 3 is 2.18 bits per heavy atom. The molecule has 33 heavy (non-hydrogen) atoms. The summed E-state index contributed by atoms with van der Waals surface area (Å²) in [7, 11) is 2.29. The highest BCUT2D eigenvalue weighted by atomic mass is 16.6. The molecule has 11 nitrogen and oxygen atoms in total. The van der Waals surface area contributed by atoms with E-state index in [1.807, 2.05) is 0 Å². The van der Waals surface area contributed by atoms with Crippen LogP contribution in [-0.4, -0.2) is 48.9 Å². The number of esters is 2. The van der Waals surface area contributed by atoms with Crippen LogP contribution >= 0.6 is 0 Å². The number of nitro groups is 1. The molecule has 0 saturated carbocycles. The number of hydrogen-bond acceptors (Lipinski definition) is 8. The Bertz CT molecular complexity index is 1050. The van der Waals surface area contributed by atoms with Crippen LogP contribution in [0.4, 0.5) is 11.4 Å². The van der Waals surface area contributed by atoms with Gasteiger partial charge in [-0.1, -0.05) is 24.3 Å². The average Bonchev–Trinajstić information content (AvgIpc) is 2.80. The van der Waals surface area contributed by atoms with E-state index in [0.29, 0.717) is 5.56 Å². The molecule has 0 aromatic heterocycles. The zero-order valence-corrected chi connectivity index (χ0v) is 18.2. The number of carbonyl (C=O) groups excluding carboxylic acids is 4. The maximum Gasteiger partial charge on any atom is 0.329 e. The van der Waals surface area contributed by atoms with Crippen molar-refractivity contribution in [1.29, 1.82) is 0 Å². The summed E-state index contributed by atoms with van der Waals surface area (Å²) >= 11 is 0. The normalized spacial score (nSPS) is 12.1. The number of para-hydroxylation sites is 1. The molecule has 0 heterocycles. The number of amides is 2. The standard InChI is InChI=1S/C22H23N3O8/c1-13(26)23-18-7-5-4-6-16(18)21(28)24-20(22(29)33-3)17(12-19(27)32-2)14-8-10-15(11-9-14)25(30)31/h4-11,17,20H,12H2,1-3H3,(H,23,26)(H,24,28)/t17-,20-/m0/s1. The number of nitrogens with zero attached hydrogens (tertiary/aromatic N) is 1.